The number of hydrazine groups is 1. The van der Waals surface area contributed by atoms with Gasteiger partial charge in [0.05, 0.1) is 0 Å². The zero-order valence-electron chi connectivity index (χ0n) is 9.97. The van der Waals surface area contributed by atoms with Crippen LogP contribution in [0.2, 0.25) is 0 Å². The first-order valence-corrected chi connectivity index (χ1v) is 5.50. The molecule has 2 rings (SSSR count). The summed E-state index contributed by atoms with van der Waals surface area (Å²) in [6.45, 7) is 1.94. The zero-order valence-corrected chi connectivity index (χ0v) is 9.97. The Bertz CT molecular complexity index is 568. The van der Waals surface area contributed by atoms with E-state index in [-0.39, 0.29) is 5.91 Å². The molecule has 0 aliphatic heterocycles. The Morgan fingerprint density at radius 2 is 2.06 bits per heavy atom. The van der Waals surface area contributed by atoms with E-state index in [2.05, 4.69) is 15.7 Å². The Kier molecular flexibility index (Phi) is 3.54. The van der Waals surface area contributed by atoms with Crippen molar-refractivity contribution in [1.82, 2.24) is 4.98 Å². The molecule has 92 valence electrons. The molecule has 0 aliphatic rings. The van der Waals surface area contributed by atoms with Gasteiger partial charge < -0.3 is 10.7 Å². The van der Waals surface area contributed by atoms with E-state index in [0.29, 0.717) is 11.4 Å². The van der Waals surface area contributed by atoms with Gasteiger partial charge in [0.2, 0.25) is 0 Å². The summed E-state index contributed by atoms with van der Waals surface area (Å²) >= 11 is 0. The van der Waals surface area contributed by atoms with Crippen LogP contribution in [0, 0.1) is 6.92 Å². The van der Waals surface area contributed by atoms with Crippen LogP contribution in [0.3, 0.4) is 0 Å². The summed E-state index contributed by atoms with van der Waals surface area (Å²) in [5, 5.41) is 2.84. The van der Waals surface area contributed by atoms with E-state index in [0.717, 1.165) is 11.3 Å². The molecule has 0 bridgehead atoms. The number of aryl methyl sites for hydroxylation is 1. The molecule has 0 unspecified atom stereocenters. The molecule has 1 amide bonds. The number of carbonyl (C=O) groups is 1. The highest BCUT2D eigenvalue weighted by Gasteiger charge is 2.08. The quantitative estimate of drug-likeness (QED) is 0.567. The summed E-state index contributed by atoms with van der Waals surface area (Å²) in [5.74, 6) is 5.51. The van der Waals surface area contributed by atoms with Crippen molar-refractivity contribution >= 4 is 17.4 Å². The van der Waals surface area contributed by atoms with Gasteiger partial charge in [0, 0.05) is 17.4 Å². The molecule has 0 saturated heterocycles. The number of nitrogens with zero attached hydrogens (tertiary/aromatic N) is 1. The highest BCUT2D eigenvalue weighted by Crippen LogP contribution is 2.15. The summed E-state index contributed by atoms with van der Waals surface area (Å²) in [4.78, 5) is 16.0. The van der Waals surface area contributed by atoms with Crippen LogP contribution < -0.4 is 16.6 Å². The van der Waals surface area contributed by atoms with E-state index in [1.54, 1.807) is 12.1 Å². The topological polar surface area (TPSA) is 80.0 Å². The molecule has 0 spiro atoms. The van der Waals surface area contributed by atoms with Crippen LogP contribution >= 0.6 is 0 Å². The lowest BCUT2D eigenvalue weighted by atomic mass is 10.2. The van der Waals surface area contributed by atoms with Gasteiger partial charge in [-0.3, -0.25) is 4.79 Å². The number of hydrogen-bond acceptors (Lipinski definition) is 4. The molecule has 4 N–H and O–H groups in total. The molecule has 2 aromatic rings. The van der Waals surface area contributed by atoms with Crippen LogP contribution in [0.15, 0.2) is 42.6 Å². The Morgan fingerprint density at radius 1 is 1.28 bits per heavy atom. The van der Waals surface area contributed by atoms with Crippen molar-refractivity contribution in [1.29, 1.82) is 0 Å². The van der Waals surface area contributed by atoms with Crippen LogP contribution in [-0.2, 0) is 0 Å². The predicted molar refractivity (Wildman–Crippen MR) is 71.2 cm³/mol. The number of hydrogen-bond donors (Lipinski definition) is 3. The first-order valence-electron chi connectivity index (χ1n) is 5.50. The van der Waals surface area contributed by atoms with E-state index in [4.69, 9.17) is 5.84 Å². The Balaban J connectivity index is 2.19. The average molecular weight is 242 g/mol. The van der Waals surface area contributed by atoms with Crippen LogP contribution in [0.5, 0.6) is 0 Å². The number of nitrogens with one attached hydrogen (secondary N) is 2. The third-order valence-corrected chi connectivity index (χ3v) is 2.56. The number of nitrogens with two attached hydrogens (primary N) is 1. The molecular weight excluding hydrogens is 228 g/mol. The lowest BCUT2D eigenvalue weighted by Crippen LogP contribution is -2.14. The molecule has 5 heteroatoms. The predicted octanol–water partition coefficient (Wildman–Crippen LogP) is 1.93. The fraction of sp³-hybridized carbons (Fsp3) is 0.0769. The minimum atomic E-state index is -0.191. The van der Waals surface area contributed by atoms with Crippen molar-refractivity contribution in [2.45, 2.75) is 6.92 Å². The standard InChI is InChI=1S/C13H14N4O/c1-9-4-2-3-5-11(9)16-13(18)10-6-7-15-12(8-10)17-14/h2-8H,14H2,1H3,(H,15,17)(H,16,18). The summed E-state index contributed by atoms with van der Waals surface area (Å²) in [7, 11) is 0. The van der Waals surface area contributed by atoms with Crippen LogP contribution in [0.4, 0.5) is 11.5 Å². The zero-order chi connectivity index (χ0) is 13.0. The number of carbonyl (C=O) groups excluding carboxylic acids is 1. The summed E-state index contributed by atoms with van der Waals surface area (Å²) in [6.07, 6.45) is 1.53. The fourth-order valence-electron chi connectivity index (χ4n) is 1.56. The van der Waals surface area contributed by atoms with Crippen molar-refractivity contribution in [3.05, 3.63) is 53.7 Å². The molecule has 18 heavy (non-hydrogen) atoms. The molecular formula is C13H14N4O. The second-order valence-corrected chi connectivity index (χ2v) is 3.84. The van der Waals surface area contributed by atoms with Gasteiger partial charge >= 0.3 is 0 Å². The van der Waals surface area contributed by atoms with Crippen LogP contribution in [-0.4, -0.2) is 10.9 Å². The van der Waals surface area contributed by atoms with E-state index in [1.807, 2.05) is 31.2 Å². The van der Waals surface area contributed by atoms with Gasteiger partial charge in [-0.1, -0.05) is 18.2 Å². The van der Waals surface area contributed by atoms with Gasteiger partial charge in [-0.2, -0.15) is 0 Å². The maximum Gasteiger partial charge on any atom is 0.255 e. The summed E-state index contributed by atoms with van der Waals surface area (Å²) < 4.78 is 0. The van der Waals surface area contributed by atoms with Crippen molar-refractivity contribution in [3.63, 3.8) is 0 Å². The maximum atomic E-state index is 12.0. The Hall–Kier alpha value is -2.40. The number of anilines is 2. The number of benzene rings is 1. The van der Waals surface area contributed by atoms with Gasteiger partial charge in [-0.25, -0.2) is 10.8 Å². The highest BCUT2D eigenvalue weighted by atomic mass is 16.1. The van der Waals surface area contributed by atoms with Crippen molar-refractivity contribution < 1.29 is 4.79 Å². The third-order valence-electron chi connectivity index (χ3n) is 2.56. The van der Waals surface area contributed by atoms with Crippen molar-refractivity contribution in [3.8, 4) is 0 Å². The van der Waals surface area contributed by atoms with E-state index in [9.17, 15) is 4.79 Å². The van der Waals surface area contributed by atoms with E-state index in [1.165, 1.54) is 6.20 Å². The minimum absolute atomic E-state index is 0.191. The first kappa shape index (κ1) is 12.1. The summed E-state index contributed by atoms with van der Waals surface area (Å²) in [6, 6.07) is 10.8. The lowest BCUT2D eigenvalue weighted by Gasteiger charge is -2.08. The smallest absolute Gasteiger partial charge is 0.255 e. The van der Waals surface area contributed by atoms with Gasteiger partial charge in [-0.05, 0) is 30.7 Å². The second kappa shape index (κ2) is 5.29. The molecule has 5 nitrogen and oxygen atoms in total. The molecule has 0 radical (unpaired) electrons. The number of amides is 1. The number of nitrogen functional groups attached to an aromatic ring is 1. The highest BCUT2D eigenvalue weighted by molar-refractivity contribution is 6.04. The van der Waals surface area contributed by atoms with E-state index < -0.39 is 0 Å². The van der Waals surface area contributed by atoms with Crippen molar-refractivity contribution in [2.75, 3.05) is 10.7 Å². The molecule has 1 aromatic carbocycles. The monoisotopic (exact) mass is 242 g/mol. The third kappa shape index (κ3) is 2.64. The van der Waals surface area contributed by atoms with Gasteiger partial charge in [0.1, 0.15) is 5.82 Å². The largest absolute Gasteiger partial charge is 0.322 e. The first-order chi connectivity index (χ1) is 8.70. The Labute approximate surface area is 105 Å². The van der Waals surface area contributed by atoms with E-state index >= 15 is 0 Å². The number of rotatable bonds is 3. The normalized spacial score (nSPS) is 9.89. The van der Waals surface area contributed by atoms with Gasteiger partial charge in [0.15, 0.2) is 0 Å². The molecule has 0 fully saturated rings. The molecule has 0 atom stereocenters. The van der Waals surface area contributed by atoms with Crippen LogP contribution in [0.1, 0.15) is 15.9 Å². The maximum absolute atomic E-state index is 12.0. The summed E-state index contributed by atoms with van der Waals surface area (Å²) in [5.41, 5.74) is 4.71. The van der Waals surface area contributed by atoms with Gasteiger partial charge in [0.25, 0.3) is 5.91 Å². The SMILES string of the molecule is Cc1ccccc1NC(=O)c1ccnc(NN)c1. The molecule has 1 aromatic heterocycles. The molecule has 0 saturated carbocycles. The lowest BCUT2D eigenvalue weighted by molar-refractivity contribution is 0.102. The average Bonchev–Trinajstić information content (AvgIpc) is 2.41. The number of aromatic nitrogens is 1. The second-order valence-electron chi connectivity index (χ2n) is 3.84. The van der Waals surface area contributed by atoms with Gasteiger partial charge in [-0.15, -0.1) is 0 Å². The fourth-order valence-corrected chi connectivity index (χ4v) is 1.56. The molecule has 1 heterocycles. The minimum Gasteiger partial charge on any atom is -0.322 e. The Morgan fingerprint density at radius 3 is 2.78 bits per heavy atom. The van der Waals surface area contributed by atoms with Crippen LogP contribution in [0.25, 0.3) is 0 Å². The van der Waals surface area contributed by atoms with Crippen molar-refractivity contribution in [2.24, 2.45) is 5.84 Å². The number of para-hydroxylation sites is 1. The number of pyridine rings is 1. The molecule has 0 aliphatic carbocycles.